The van der Waals surface area contributed by atoms with Crippen LogP contribution in [0.4, 0.5) is 0 Å². The first-order valence-corrected chi connectivity index (χ1v) is 12.3. The Kier molecular flexibility index (Phi) is 6.24. The second-order valence-electron chi connectivity index (χ2n) is 7.10. The Bertz CT molecular complexity index is 916. The van der Waals surface area contributed by atoms with Crippen LogP contribution in [-0.4, -0.2) is 53.8 Å². The molecule has 8 heteroatoms. The summed E-state index contributed by atoms with van der Waals surface area (Å²) in [5.74, 6) is -0.402. The molecule has 28 heavy (non-hydrogen) atoms. The molecule has 0 bridgehead atoms. The monoisotopic (exact) mass is 424 g/mol. The molecule has 6 nitrogen and oxygen atoms in total. The fourth-order valence-electron chi connectivity index (χ4n) is 2.95. The highest BCUT2D eigenvalue weighted by molar-refractivity contribution is 7.91. The summed E-state index contributed by atoms with van der Waals surface area (Å²) in [6, 6.07) is 13.3. The number of rotatable bonds is 6. The van der Waals surface area contributed by atoms with Gasteiger partial charge in [0.25, 0.3) is 0 Å². The minimum Gasteiger partial charge on any atom is -0.372 e. The molecule has 0 N–H and O–H groups in total. The molecule has 1 saturated heterocycles. The van der Waals surface area contributed by atoms with E-state index in [1.165, 1.54) is 0 Å². The van der Waals surface area contributed by atoms with E-state index in [9.17, 15) is 16.8 Å². The maximum absolute atomic E-state index is 12.5. The maximum atomic E-state index is 12.5. The van der Waals surface area contributed by atoms with Crippen molar-refractivity contribution in [1.29, 1.82) is 0 Å². The Morgan fingerprint density at radius 2 is 1.00 bits per heavy atom. The third kappa shape index (κ3) is 5.20. The molecule has 0 radical (unpaired) electrons. The van der Waals surface area contributed by atoms with Crippen molar-refractivity contribution in [3.8, 4) is 0 Å². The van der Waals surface area contributed by atoms with Crippen LogP contribution in [0.2, 0.25) is 0 Å². The second-order valence-corrected chi connectivity index (χ2v) is 11.2. The molecule has 1 fully saturated rings. The molecule has 1 heterocycles. The Hall–Kier alpha value is -1.74. The Balaban J connectivity index is 1.57. The van der Waals surface area contributed by atoms with Gasteiger partial charge in [-0.05, 0) is 38.1 Å². The smallest absolute Gasteiger partial charge is 0.181 e. The van der Waals surface area contributed by atoms with Gasteiger partial charge in [0.15, 0.2) is 19.7 Å². The molecule has 0 saturated carbocycles. The van der Waals surface area contributed by atoms with Gasteiger partial charge in [0.1, 0.15) is 0 Å². The Morgan fingerprint density at radius 1 is 0.679 bits per heavy atom. The predicted molar refractivity (Wildman–Crippen MR) is 106 cm³/mol. The minimum absolute atomic E-state index is 0.0408. The van der Waals surface area contributed by atoms with Crippen LogP contribution >= 0.6 is 0 Å². The predicted octanol–water partition coefficient (Wildman–Crippen LogP) is 2.34. The van der Waals surface area contributed by atoms with E-state index in [-0.39, 0.29) is 34.5 Å². The van der Waals surface area contributed by atoms with E-state index < -0.39 is 31.9 Å². The largest absolute Gasteiger partial charge is 0.372 e. The van der Waals surface area contributed by atoms with Gasteiger partial charge in [-0.15, -0.1) is 0 Å². The number of hydrogen-bond donors (Lipinski definition) is 0. The van der Waals surface area contributed by atoms with Gasteiger partial charge in [0, 0.05) is 0 Å². The molecule has 0 aromatic heterocycles. The van der Waals surface area contributed by atoms with Crippen molar-refractivity contribution in [2.45, 2.75) is 35.8 Å². The zero-order valence-corrected chi connectivity index (χ0v) is 17.5. The van der Waals surface area contributed by atoms with Crippen molar-refractivity contribution in [3.05, 3.63) is 59.7 Å². The van der Waals surface area contributed by atoms with Crippen molar-refractivity contribution in [2.24, 2.45) is 0 Å². The highest BCUT2D eigenvalue weighted by atomic mass is 32.2. The van der Waals surface area contributed by atoms with Gasteiger partial charge in [-0.3, -0.25) is 0 Å². The van der Waals surface area contributed by atoms with E-state index >= 15 is 0 Å². The molecular weight excluding hydrogens is 400 g/mol. The molecule has 152 valence electrons. The van der Waals surface area contributed by atoms with E-state index in [2.05, 4.69) is 0 Å². The molecule has 1 aliphatic heterocycles. The van der Waals surface area contributed by atoms with Crippen molar-refractivity contribution < 1.29 is 26.3 Å². The first-order chi connectivity index (χ1) is 13.2. The summed E-state index contributed by atoms with van der Waals surface area (Å²) in [5, 5.41) is 0. The van der Waals surface area contributed by atoms with Crippen LogP contribution < -0.4 is 0 Å². The SMILES string of the molecule is Cc1ccc(S(=O)(=O)C[C@H]2CO[C@H](CS(=O)(=O)c3ccc(C)cc3)CO2)cc1. The first-order valence-electron chi connectivity index (χ1n) is 8.98. The summed E-state index contributed by atoms with van der Waals surface area (Å²) in [6.07, 6.45) is -1.24. The van der Waals surface area contributed by atoms with Crippen LogP contribution in [0.3, 0.4) is 0 Å². The van der Waals surface area contributed by atoms with E-state index in [1.54, 1.807) is 48.5 Å². The van der Waals surface area contributed by atoms with Crippen molar-refractivity contribution in [1.82, 2.24) is 0 Å². The molecule has 1 aliphatic rings. The fraction of sp³-hybridized carbons (Fsp3) is 0.400. The average molecular weight is 425 g/mol. The first kappa shape index (κ1) is 21.0. The topological polar surface area (TPSA) is 86.7 Å². The van der Waals surface area contributed by atoms with Gasteiger partial charge < -0.3 is 9.47 Å². The van der Waals surface area contributed by atoms with Crippen LogP contribution in [0.15, 0.2) is 58.3 Å². The van der Waals surface area contributed by atoms with Crippen LogP contribution in [0.1, 0.15) is 11.1 Å². The van der Waals surface area contributed by atoms with Crippen LogP contribution in [-0.2, 0) is 29.1 Å². The molecule has 2 atom stereocenters. The summed E-state index contributed by atoms with van der Waals surface area (Å²) in [7, 11) is -7.00. The molecule has 0 amide bonds. The van der Waals surface area contributed by atoms with Gasteiger partial charge in [-0.25, -0.2) is 16.8 Å². The molecule has 2 aromatic carbocycles. The number of sulfone groups is 2. The maximum Gasteiger partial charge on any atom is 0.181 e. The van der Waals surface area contributed by atoms with Crippen molar-refractivity contribution in [2.75, 3.05) is 24.7 Å². The van der Waals surface area contributed by atoms with Gasteiger partial charge >= 0.3 is 0 Å². The number of aryl methyl sites for hydroxylation is 2. The summed E-state index contributed by atoms with van der Waals surface area (Å²) < 4.78 is 61.2. The number of hydrogen-bond acceptors (Lipinski definition) is 6. The summed E-state index contributed by atoms with van der Waals surface area (Å²) in [4.78, 5) is 0.483. The number of ether oxygens (including phenoxy) is 2. The number of benzene rings is 2. The molecule has 2 aromatic rings. The van der Waals surface area contributed by atoms with E-state index in [0.717, 1.165) is 11.1 Å². The zero-order chi connectivity index (χ0) is 20.4. The lowest BCUT2D eigenvalue weighted by atomic mass is 10.2. The summed E-state index contributed by atoms with van der Waals surface area (Å²) >= 11 is 0. The van der Waals surface area contributed by atoms with Crippen molar-refractivity contribution in [3.63, 3.8) is 0 Å². The lowest BCUT2D eigenvalue weighted by Crippen LogP contribution is -2.42. The van der Waals surface area contributed by atoms with Crippen LogP contribution in [0, 0.1) is 13.8 Å². The summed E-state index contributed by atoms with van der Waals surface area (Å²) in [6.45, 7) is 3.86. The van der Waals surface area contributed by atoms with Gasteiger partial charge in [0.05, 0.1) is 46.7 Å². The highest BCUT2D eigenvalue weighted by Crippen LogP contribution is 2.19. The normalized spacial score (nSPS) is 20.8. The van der Waals surface area contributed by atoms with Gasteiger partial charge in [0.2, 0.25) is 0 Å². The second kappa shape index (κ2) is 8.32. The van der Waals surface area contributed by atoms with E-state index in [0.29, 0.717) is 0 Å². The van der Waals surface area contributed by atoms with Gasteiger partial charge in [-0.1, -0.05) is 35.4 Å². The molecule has 0 aliphatic carbocycles. The van der Waals surface area contributed by atoms with Crippen LogP contribution in [0.25, 0.3) is 0 Å². The molecule has 0 unspecified atom stereocenters. The van der Waals surface area contributed by atoms with E-state index in [1.807, 2.05) is 13.8 Å². The average Bonchev–Trinajstić information content (AvgIpc) is 2.64. The molecular formula is C20H24O6S2. The lowest BCUT2D eigenvalue weighted by molar-refractivity contribution is -0.116. The zero-order valence-electron chi connectivity index (χ0n) is 15.9. The fourth-order valence-corrected chi connectivity index (χ4v) is 5.80. The third-order valence-electron chi connectivity index (χ3n) is 4.61. The third-order valence-corrected chi connectivity index (χ3v) is 8.21. The molecule has 3 rings (SSSR count). The summed E-state index contributed by atoms with van der Waals surface area (Å²) in [5.41, 5.74) is 1.96. The van der Waals surface area contributed by atoms with Crippen molar-refractivity contribution >= 4 is 19.7 Å². The standard InChI is InChI=1S/C20H24O6S2/c1-15-3-7-19(8-4-15)27(21,22)13-17-11-26-18(12-25-17)14-28(23,24)20-9-5-16(2)6-10-20/h3-10,17-18H,11-14H2,1-2H3/t17-,18+. The quantitative estimate of drug-likeness (QED) is 0.707. The van der Waals surface area contributed by atoms with Crippen LogP contribution in [0.5, 0.6) is 0 Å². The lowest BCUT2D eigenvalue weighted by Gasteiger charge is -2.29. The van der Waals surface area contributed by atoms with E-state index in [4.69, 9.17) is 9.47 Å². The Morgan fingerprint density at radius 3 is 1.29 bits per heavy atom. The highest BCUT2D eigenvalue weighted by Gasteiger charge is 2.30. The minimum atomic E-state index is -3.50. The van der Waals surface area contributed by atoms with Gasteiger partial charge in [-0.2, -0.15) is 0 Å². The molecule has 0 spiro atoms. The Labute approximate surface area is 166 Å².